The highest BCUT2D eigenvalue weighted by Crippen LogP contribution is 2.42. The van der Waals surface area contributed by atoms with Gasteiger partial charge in [0.25, 0.3) is 0 Å². The van der Waals surface area contributed by atoms with Crippen LogP contribution in [0.4, 0.5) is 5.88 Å². The standard InChI is InChI=1S/C25H17BrN2O2/c1-29-22-13-12-17(14-21(22)26)16-28-25-20(15-27)23(18-8-4-2-5-9-18)24(30-25)19-10-6-3-7-11-19/h2-14,16H,1H3/b28-16+. The lowest BCUT2D eigenvalue weighted by Gasteiger charge is -2.03. The minimum Gasteiger partial charge on any atom is -0.496 e. The lowest BCUT2D eigenvalue weighted by atomic mass is 9.98. The second-order valence-corrected chi connectivity index (χ2v) is 7.34. The molecule has 0 unspecified atom stereocenters. The fourth-order valence-corrected chi connectivity index (χ4v) is 3.74. The summed E-state index contributed by atoms with van der Waals surface area (Å²) in [7, 11) is 1.62. The molecule has 0 saturated heterocycles. The first kappa shape index (κ1) is 19.7. The highest BCUT2D eigenvalue weighted by Gasteiger charge is 2.22. The number of hydrogen-bond donors (Lipinski definition) is 0. The molecule has 1 heterocycles. The molecule has 4 rings (SSSR count). The monoisotopic (exact) mass is 456 g/mol. The Kier molecular flexibility index (Phi) is 5.78. The molecule has 0 aliphatic heterocycles. The second-order valence-electron chi connectivity index (χ2n) is 6.48. The minimum atomic E-state index is 0.280. The maximum absolute atomic E-state index is 9.92. The Bertz CT molecular complexity index is 1240. The van der Waals surface area contributed by atoms with E-state index in [-0.39, 0.29) is 5.88 Å². The molecule has 1 aromatic heterocycles. The van der Waals surface area contributed by atoms with Gasteiger partial charge in [-0.25, -0.2) is 4.99 Å². The Morgan fingerprint density at radius 3 is 2.23 bits per heavy atom. The van der Waals surface area contributed by atoms with Crippen molar-refractivity contribution in [3.63, 3.8) is 0 Å². The number of nitrogens with zero attached hydrogens (tertiary/aromatic N) is 2. The molecule has 4 aromatic rings. The van der Waals surface area contributed by atoms with Crippen LogP contribution in [-0.4, -0.2) is 13.3 Å². The lowest BCUT2D eigenvalue weighted by Crippen LogP contribution is -1.87. The number of ether oxygens (including phenoxy) is 1. The second kappa shape index (κ2) is 8.81. The van der Waals surface area contributed by atoms with Gasteiger partial charge in [-0.05, 0) is 45.3 Å². The zero-order valence-electron chi connectivity index (χ0n) is 16.2. The molecule has 3 aromatic carbocycles. The third kappa shape index (κ3) is 3.91. The van der Waals surface area contributed by atoms with Crippen LogP contribution in [0.2, 0.25) is 0 Å². The molecule has 146 valence electrons. The fraction of sp³-hybridized carbons (Fsp3) is 0.0400. The molecule has 0 fully saturated rings. The van der Waals surface area contributed by atoms with Crippen molar-refractivity contribution in [2.24, 2.45) is 4.99 Å². The molecule has 0 aliphatic carbocycles. The average molecular weight is 457 g/mol. The number of aliphatic imine (C=N–C) groups is 1. The number of halogens is 1. The van der Waals surface area contributed by atoms with Gasteiger partial charge in [-0.2, -0.15) is 5.26 Å². The first-order valence-electron chi connectivity index (χ1n) is 9.26. The van der Waals surface area contributed by atoms with Crippen LogP contribution >= 0.6 is 15.9 Å². The van der Waals surface area contributed by atoms with E-state index in [0.717, 1.165) is 32.5 Å². The van der Waals surface area contributed by atoms with Crippen LogP contribution in [-0.2, 0) is 0 Å². The van der Waals surface area contributed by atoms with E-state index in [1.807, 2.05) is 78.9 Å². The molecular weight excluding hydrogens is 440 g/mol. The van der Waals surface area contributed by atoms with E-state index in [1.54, 1.807) is 13.3 Å². The molecule has 5 heteroatoms. The summed E-state index contributed by atoms with van der Waals surface area (Å²) in [4.78, 5) is 4.50. The van der Waals surface area contributed by atoms with Gasteiger partial charge >= 0.3 is 0 Å². The highest BCUT2D eigenvalue weighted by molar-refractivity contribution is 9.10. The van der Waals surface area contributed by atoms with Crippen LogP contribution in [0.1, 0.15) is 11.1 Å². The van der Waals surface area contributed by atoms with Gasteiger partial charge in [-0.1, -0.05) is 60.7 Å². The van der Waals surface area contributed by atoms with Crippen molar-refractivity contribution in [2.75, 3.05) is 7.11 Å². The molecule has 0 amide bonds. The topological polar surface area (TPSA) is 58.5 Å². The predicted octanol–water partition coefficient (Wildman–Crippen LogP) is 7.01. The van der Waals surface area contributed by atoms with E-state index < -0.39 is 0 Å². The molecule has 4 nitrogen and oxygen atoms in total. The van der Waals surface area contributed by atoms with Gasteiger partial charge in [0.05, 0.1) is 11.6 Å². The van der Waals surface area contributed by atoms with Gasteiger partial charge in [-0.15, -0.1) is 0 Å². The predicted molar refractivity (Wildman–Crippen MR) is 122 cm³/mol. The number of rotatable bonds is 5. The molecule has 0 aliphatic rings. The number of methoxy groups -OCH3 is 1. The smallest absolute Gasteiger partial charge is 0.238 e. The third-order valence-corrected chi connectivity index (χ3v) is 5.23. The summed E-state index contributed by atoms with van der Waals surface area (Å²) in [5.41, 5.74) is 3.80. The molecule has 0 spiro atoms. The van der Waals surface area contributed by atoms with Crippen molar-refractivity contribution in [1.82, 2.24) is 0 Å². The van der Waals surface area contributed by atoms with Crippen LogP contribution in [0.15, 0.2) is 92.7 Å². The summed E-state index contributed by atoms with van der Waals surface area (Å²) in [5, 5.41) is 9.92. The number of nitriles is 1. The Morgan fingerprint density at radius 1 is 0.967 bits per heavy atom. The molecule has 0 N–H and O–H groups in total. The van der Waals surface area contributed by atoms with Crippen molar-refractivity contribution >= 4 is 28.0 Å². The summed E-state index contributed by atoms with van der Waals surface area (Å²) in [6.45, 7) is 0. The van der Waals surface area contributed by atoms with Crippen LogP contribution in [0.5, 0.6) is 5.75 Å². The number of benzene rings is 3. The maximum Gasteiger partial charge on any atom is 0.238 e. The van der Waals surface area contributed by atoms with Crippen LogP contribution in [0.25, 0.3) is 22.5 Å². The summed E-state index contributed by atoms with van der Waals surface area (Å²) in [6.07, 6.45) is 1.67. The Labute approximate surface area is 183 Å². The molecule has 30 heavy (non-hydrogen) atoms. The van der Waals surface area contributed by atoms with E-state index in [1.165, 1.54) is 0 Å². The highest BCUT2D eigenvalue weighted by atomic mass is 79.9. The normalized spacial score (nSPS) is 10.8. The van der Waals surface area contributed by atoms with E-state index in [4.69, 9.17) is 9.15 Å². The van der Waals surface area contributed by atoms with Gasteiger partial charge in [0.2, 0.25) is 5.88 Å². The molecular formula is C25H17BrN2O2. The first-order valence-corrected chi connectivity index (χ1v) is 10.1. The molecule has 0 saturated carbocycles. The summed E-state index contributed by atoms with van der Waals surface area (Å²) in [5.74, 6) is 1.64. The Balaban J connectivity index is 1.84. The van der Waals surface area contributed by atoms with E-state index in [0.29, 0.717) is 11.3 Å². The van der Waals surface area contributed by atoms with Crippen LogP contribution in [0.3, 0.4) is 0 Å². The largest absolute Gasteiger partial charge is 0.496 e. The van der Waals surface area contributed by atoms with Crippen molar-refractivity contribution in [3.05, 3.63) is 94.5 Å². The van der Waals surface area contributed by atoms with Gasteiger partial charge < -0.3 is 9.15 Å². The number of hydrogen-bond acceptors (Lipinski definition) is 4. The lowest BCUT2D eigenvalue weighted by molar-refractivity contribution is 0.412. The van der Waals surface area contributed by atoms with E-state index in [2.05, 4.69) is 27.0 Å². The van der Waals surface area contributed by atoms with Crippen LogP contribution in [0, 0.1) is 11.3 Å². The fourth-order valence-electron chi connectivity index (χ4n) is 3.18. The maximum atomic E-state index is 9.92. The van der Waals surface area contributed by atoms with Crippen molar-refractivity contribution in [1.29, 1.82) is 5.26 Å². The Morgan fingerprint density at radius 2 is 1.63 bits per heavy atom. The van der Waals surface area contributed by atoms with Gasteiger partial charge in [0, 0.05) is 17.3 Å². The Hall–Kier alpha value is -3.62. The van der Waals surface area contributed by atoms with E-state index >= 15 is 0 Å². The molecule has 0 radical (unpaired) electrons. The van der Waals surface area contributed by atoms with Gasteiger partial charge in [-0.3, -0.25) is 0 Å². The van der Waals surface area contributed by atoms with Crippen molar-refractivity contribution in [2.45, 2.75) is 0 Å². The SMILES string of the molecule is COc1ccc(/C=N/c2oc(-c3ccccc3)c(-c3ccccc3)c2C#N)cc1Br. The van der Waals surface area contributed by atoms with Gasteiger partial charge in [0.15, 0.2) is 0 Å². The molecule has 0 bridgehead atoms. The summed E-state index contributed by atoms with van der Waals surface area (Å²) >= 11 is 3.48. The number of furan rings is 1. The zero-order valence-corrected chi connectivity index (χ0v) is 17.8. The van der Waals surface area contributed by atoms with Crippen LogP contribution < -0.4 is 4.74 Å². The van der Waals surface area contributed by atoms with Crippen molar-refractivity contribution in [3.8, 4) is 34.3 Å². The van der Waals surface area contributed by atoms with Gasteiger partial charge in [0.1, 0.15) is 23.1 Å². The first-order chi connectivity index (χ1) is 14.7. The summed E-state index contributed by atoms with van der Waals surface area (Å²) < 4.78 is 12.2. The quantitative estimate of drug-likeness (QED) is 0.303. The van der Waals surface area contributed by atoms with E-state index in [9.17, 15) is 5.26 Å². The minimum absolute atomic E-state index is 0.280. The molecule has 0 atom stereocenters. The summed E-state index contributed by atoms with van der Waals surface area (Å²) in [6, 6.07) is 27.4. The zero-order chi connectivity index (χ0) is 20.9. The van der Waals surface area contributed by atoms with Crippen molar-refractivity contribution < 1.29 is 9.15 Å². The average Bonchev–Trinajstić information content (AvgIpc) is 3.17. The third-order valence-electron chi connectivity index (χ3n) is 4.61.